The number of benzene rings is 1. The van der Waals surface area contributed by atoms with Crippen LogP contribution in [0, 0.1) is 0 Å². The van der Waals surface area contributed by atoms with Crippen LogP contribution in [-0.4, -0.2) is 36.1 Å². The van der Waals surface area contributed by atoms with Crippen molar-refractivity contribution < 1.29 is 18.0 Å². The van der Waals surface area contributed by atoms with E-state index in [1.54, 1.807) is 31.2 Å². The lowest BCUT2D eigenvalue weighted by Crippen LogP contribution is -2.40. The average molecular weight is 411 g/mol. The summed E-state index contributed by atoms with van der Waals surface area (Å²) in [6, 6.07) is 6.53. The van der Waals surface area contributed by atoms with Gasteiger partial charge >= 0.3 is 11.8 Å². The molecule has 10 heteroatoms. The maximum Gasteiger partial charge on any atom is 0.314 e. The molecule has 27 heavy (non-hydrogen) atoms. The van der Waals surface area contributed by atoms with Crippen LogP contribution in [0.4, 0.5) is 5.82 Å². The van der Waals surface area contributed by atoms with Crippen molar-refractivity contribution in [1.82, 2.24) is 15.1 Å². The van der Waals surface area contributed by atoms with Crippen LogP contribution in [0.3, 0.4) is 0 Å². The molecule has 0 bridgehead atoms. The van der Waals surface area contributed by atoms with Crippen LogP contribution in [0.5, 0.6) is 0 Å². The van der Waals surface area contributed by atoms with Gasteiger partial charge in [-0.2, -0.15) is 5.10 Å². The highest BCUT2D eigenvalue weighted by molar-refractivity contribution is 7.90. The molecule has 8 nitrogen and oxygen atoms in total. The number of anilines is 1. The first-order valence-corrected chi connectivity index (χ1v) is 10.6. The van der Waals surface area contributed by atoms with Gasteiger partial charge in [0.1, 0.15) is 5.82 Å². The van der Waals surface area contributed by atoms with Gasteiger partial charge in [0.25, 0.3) is 0 Å². The van der Waals surface area contributed by atoms with Crippen molar-refractivity contribution in [3.63, 3.8) is 0 Å². The second-order valence-electron chi connectivity index (χ2n) is 6.43. The SMILES string of the molecule is CCC(C)NC(=O)C(=O)Nc1c2c(nn1-c1ccc(Cl)cc1)CS(=O)(=O)C2. The van der Waals surface area contributed by atoms with Gasteiger partial charge in [-0.05, 0) is 37.6 Å². The molecule has 1 aliphatic rings. The summed E-state index contributed by atoms with van der Waals surface area (Å²) in [6.07, 6.45) is 0.676. The maximum absolute atomic E-state index is 12.3. The van der Waals surface area contributed by atoms with Gasteiger partial charge in [-0.15, -0.1) is 0 Å². The highest BCUT2D eigenvalue weighted by Crippen LogP contribution is 2.33. The number of halogens is 1. The Balaban J connectivity index is 1.96. The number of rotatable bonds is 4. The van der Waals surface area contributed by atoms with E-state index in [1.807, 2.05) is 6.92 Å². The van der Waals surface area contributed by atoms with Crippen LogP contribution in [0.15, 0.2) is 24.3 Å². The lowest BCUT2D eigenvalue weighted by atomic mass is 10.2. The van der Waals surface area contributed by atoms with Gasteiger partial charge in [0.05, 0.1) is 22.9 Å². The Labute approximate surface area is 161 Å². The monoisotopic (exact) mass is 410 g/mol. The van der Waals surface area contributed by atoms with Crippen LogP contribution >= 0.6 is 11.6 Å². The topological polar surface area (TPSA) is 110 Å². The lowest BCUT2D eigenvalue weighted by molar-refractivity contribution is -0.136. The summed E-state index contributed by atoms with van der Waals surface area (Å²) in [5.41, 5.74) is 1.35. The molecular weight excluding hydrogens is 392 g/mol. The van der Waals surface area contributed by atoms with Gasteiger partial charge in [-0.25, -0.2) is 13.1 Å². The zero-order valence-electron chi connectivity index (χ0n) is 14.8. The molecule has 1 aromatic carbocycles. The number of nitrogens with one attached hydrogen (secondary N) is 2. The van der Waals surface area contributed by atoms with Crippen molar-refractivity contribution in [3.05, 3.63) is 40.5 Å². The third-order valence-corrected chi connectivity index (χ3v) is 5.98. The van der Waals surface area contributed by atoms with Crippen molar-refractivity contribution in [3.8, 4) is 5.69 Å². The molecule has 1 unspecified atom stereocenters. The highest BCUT2D eigenvalue weighted by atomic mass is 35.5. The van der Waals surface area contributed by atoms with Crippen molar-refractivity contribution in [1.29, 1.82) is 0 Å². The normalized spacial score (nSPS) is 15.8. The zero-order chi connectivity index (χ0) is 19.8. The standard InChI is InChI=1S/C17H19ClN4O4S/c1-3-10(2)19-16(23)17(24)20-15-13-8-27(25,26)9-14(13)21-22(15)12-6-4-11(18)5-7-12/h4-7,10H,3,8-9H2,1-2H3,(H,19,23)(H,20,24). The number of sulfone groups is 1. The molecule has 2 aromatic rings. The molecule has 0 saturated carbocycles. The Hall–Kier alpha value is -2.39. The van der Waals surface area contributed by atoms with Crippen LogP contribution < -0.4 is 10.6 Å². The Morgan fingerprint density at radius 1 is 1.22 bits per heavy atom. The van der Waals surface area contributed by atoms with Crippen LogP contribution in [0.2, 0.25) is 5.02 Å². The van der Waals surface area contributed by atoms with Gasteiger partial charge < -0.3 is 10.6 Å². The predicted molar refractivity (Wildman–Crippen MR) is 101 cm³/mol. The van der Waals surface area contributed by atoms with E-state index in [2.05, 4.69) is 15.7 Å². The second kappa shape index (κ2) is 7.32. The van der Waals surface area contributed by atoms with Crippen molar-refractivity contribution >= 4 is 39.1 Å². The van der Waals surface area contributed by atoms with Crippen LogP contribution in [0.25, 0.3) is 5.69 Å². The molecule has 0 radical (unpaired) electrons. The lowest BCUT2D eigenvalue weighted by Gasteiger charge is -2.13. The fraction of sp³-hybridized carbons (Fsp3) is 0.353. The van der Waals surface area contributed by atoms with E-state index in [9.17, 15) is 18.0 Å². The fourth-order valence-electron chi connectivity index (χ4n) is 2.70. The minimum atomic E-state index is -3.32. The zero-order valence-corrected chi connectivity index (χ0v) is 16.4. The summed E-state index contributed by atoms with van der Waals surface area (Å²) in [6.45, 7) is 3.67. The third kappa shape index (κ3) is 4.14. The summed E-state index contributed by atoms with van der Waals surface area (Å²) in [4.78, 5) is 24.4. The van der Waals surface area contributed by atoms with Crippen molar-refractivity contribution in [2.75, 3.05) is 5.32 Å². The number of nitrogens with zero attached hydrogens (tertiary/aromatic N) is 2. The Kier molecular flexibility index (Phi) is 5.25. The third-order valence-electron chi connectivity index (χ3n) is 4.29. The number of fused-ring (bicyclic) bond motifs is 1. The molecule has 2 N–H and O–H groups in total. The van der Waals surface area contributed by atoms with Gasteiger partial charge in [0.2, 0.25) is 0 Å². The van der Waals surface area contributed by atoms with E-state index in [-0.39, 0.29) is 23.4 Å². The summed E-state index contributed by atoms with van der Waals surface area (Å²) in [5.74, 6) is -1.93. The van der Waals surface area contributed by atoms with Crippen molar-refractivity contribution in [2.24, 2.45) is 0 Å². The molecule has 0 saturated heterocycles. The number of hydrogen-bond acceptors (Lipinski definition) is 5. The summed E-state index contributed by atoms with van der Waals surface area (Å²) in [7, 11) is -3.32. The van der Waals surface area contributed by atoms with Crippen LogP contribution in [0.1, 0.15) is 31.5 Å². The summed E-state index contributed by atoms with van der Waals surface area (Å²) in [5, 5.41) is 9.95. The molecule has 0 fully saturated rings. The van der Waals surface area contributed by atoms with Gasteiger partial charge in [0.15, 0.2) is 9.84 Å². The smallest absolute Gasteiger partial charge is 0.314 e. The number of carbonyl (C=O) groups excluding carboxylic acids is 2. The van der Waals surface area contributed by atoms with E-state index in [1.165, 1.54) is 4.68 Å². The predicted octanol–water partition coefficient (Wildman–Crippen LogP) is 1.81. The average Bonchev–Trinajstić information content (AvgIpc) is 3.08. The molecule has 2 amide bonds. The quantitative estimate of drug-likeness (QED) is 0.747. The number of amides is 2. The van der Waals surface area contributed by atoms with E-state index in [0.717, 1.165) is 0 Å². The van der Waals surface area contributed by atoms with E-state index >= 15 is 0 Å². The number of hydrogen-bond donors (Lipinski definition) is 2. The molecule has 1 aromatic heterocycles. The highest BCUT2D eigenvalue weighted by Gasteiger charge is 2.34. The first-order chi connectivity index (χ1) is 12.7. The first kappa shape index (κ1) is 19.4. The largest absolute Gasteiger partial charge is 0.345 e. The van der Waals surface area contributed by atoms with Crippen molar-refractivity contribution in [2.45, 2.75) is 37.8 Å². The molecule has 144 valence electrons. The number of aromatic nitrogens is 2. The Morgan fingerprint density at radius 3 is 2.52 bits per heavy atom. The van der Waals surface area contributed by atoms with E-state index in [0.29, 0.717) is 28.4 Å². The molecule has 3 rings (SSSR count). The molecule has 1 aliphatic heterocycles. The molecule has 2 heterocycles. The van der Waals surface area contributed by atoms with Gasteiger partial charge in [-0.3, -0.25) is 9.59 Å². The fourth-order valence-corrected chi connectivity index (χ4v) is 4.32. The van der Waals surface area contributed by atoms with Gasteiger partial charge in [-0.1, -0.05) is 18.5 Å². The van der Waals surface area contributed by atoms with Gasteiger partial charge in [0, 0.05) is 16.6 Å². The summed E-state index contributed by atoms with van der Waals surface area (Å²) < 4.78 is 25.3. The first-order valence-electron chi connectivity index (χ1n) is 8.39. The number of carbonyl (C=O) groups is 2. The molecule has 1 atom stereocenters. The maximum atomic E-state index is 12.3. The molecule has 0 aliphatic carbocycles. The second-order valence-corrected chi connectivity index (χ2v) is 8.93. The molecule has 0 spiro atoms. The summed E-state index contributed by atoms with van der Waals surface area (Å²) >= 11 is 5.91. The van der Waals surface area contributed by atoms with E-state index < -0.39 is 21.7 Å². The van der Waals surface area contributed by atoms with E-state index in [4.69, 9.17) is 11.6 Å². The van der Waals surface area contributed by atoms with Crippen LogP contribution in [-0.2, 0) is 30.9 Å². The minimum absolute atomic E-state index is 0.157. The Morgan fingerprint density at radius 2 is 1.89 bits per heavy atom. The Bertz CT molecular complexity index is 999. The minimum Gasteiger partial charge on any atom is -0.345 e. The molecular formula is C17H19ClN4O4S.